The molecule has 0 bridgehead atoms. The predicted molar refractivity (Wildman–Crippen MR) is 67.9 cm³/mol. The van der Waals surface area contributed by atoms with E-state index in [9.17, 15) is 9.59 Å². The molecule has 20 heavy (non-hydrogen) atoms. The molecule has 2 rings (SSSR count). The Morgan fingerprint density at radius 2 is 2.10 bits per heavy atom. The summed E-state index contributed by atoms with van der Waals surface area (Å²) in [6.45, 7) is -0.128. The molecule has 7 nitrogen and oxygen atoms in total. The largest absolute Gasteiger partial charge is 0.513 e. The average molecular weight is 278 g/mol. The fourth-order valence-corrected chi connectivity index (χ4v) is 1.49. The van der Waals surface area contributed by atoms with Crippen LogP contribution in [0.4, 0.5) is 9.59 Å². The van der Waals surface area contributed by atoms with E-state index < -0.39 is 12.2 Å². The highest BCUT2D eigenvalue weighted by Gasteiger charge is 2.09. The van der Waals surface area contributed by atoms with Crippen molar-refractivity contribution in [2.45, 2.75) is 12.8 Å². The number of ether oxygens (including phenoxy) is 3. The van der Waals surface area contributed by atoms with Gasteiger partial charge in [-0.2, -0.15) is 0 Å². The van der Waals surface area contributed by atoms with Gasteiger partial charge in [-0.3, -0.25) is 0 Å². The number of carbonyl (C=O) groups excluding carboxylic acids is 2. The molecule has 0 saturated heterocycles. The van der Waals surface area contributed by atoms with Crippen molar-refractivity contribution in [2.75, 3.05) is 13.2 Å². The zero-order valence-electron chi connectivity index (χ0n) is 10.7. The van der Waals surface area contributed by atoms with E-state index in [1.807, 2.05) is 6.08 Å². The van der Waals surface area contributed by atoms with Crippen molar-refractivity contribution in [2.24, 2.45) is 0 Å². The summed E-state index contributed by atoms with van der Waals surface area (Å²) in [6.07, 6.45) is 10.0. The summed E-state index contributed by atoms with van der Waals surface area (Å²) in [6, 6.07) is 0. The third kappa shape index (κ3) is 4.27. The summed E-state index contributed by atoms with van der Waals surface area (Å²) in [4.78, 5) is 26.4. The Hall–Kier alpha value is -2.57. The topological polar surface area (TPSA) is 79.7 Å². The van der Waals surface area contributed by atoms with Crippen molar-refractivity contribution in [1.82, 2.24) is 9.55 Å². The first-order chi connectivity index (χ1) is 9.75. The SMILES string of the molecule is O=C(OCCOC(=O)n1ccnc1)OC1=CCCC=C1. The highest BCUT2D eigenvalue weighted by molar-refractivity contribution is 5.70. The molecule has 1 aliphatic rings. The Kier molecular flexibility index (Phi) is 4.94. The molecule has 0 aliphatic heterocycles. The molecule has 106 valence electrons. The van der Waals surface area contributed by atoms with Crippen LogP contribution < -0.4 is 0 Å². The predicted octanol–water partition coefficient (Wildman–Crippen LogP) is 2.25. The number of rotatable bonds is 4. The summed E-state index contributed by atoms with van der Waals surface area (Å²) >= 11 is 0. The molecule has 0 spiro atoms. The van der Waals surface area contributed by atoms with E-state index in [4.69, 9.17) is 14.2 Å². The third-order valence-corrected chi connectivity index (χ3v) is 2.41. The first-order valence-electron chi connectivity index (χ1n) is 6.12. The quantitative estimate of drug-likeness (QED) is 0.620. The minimum absolute atomic E-state index is 0.0546. The van der Waals surface area contributed by atoms with Gasteiger partial charge >= 0.3 is 12.2 Å². The highest BCUT2D eigenvalue weighted by atomic mass is 16.7. The second-order valence-electron chi connectivity index (χ2n) is 3.87. The molecule has 0 amide bonds. The van der Waals surface area contributed by atoms with Crippen LogP contribution in [0.25, 0.3) is 0 Å². The molecule has 0 N–H and O–H groups in total. The maximum absolute atomic E-state index is 11.4. The van der Waals surface area contributed by atoms with Crippen LogP contribution in [0, 0.1) is 0 Å². The van der Waals surface area contributed by atoms with Gasteiger partial charge in [0.25, 0.3) is 0 Å². The van der Waals surface area contributed by atoms with E-state index in [0.29, 0.717) is 5.76 Å². The van der Waals surface area contributed by atoms with Gasteiger partial charge in [0.1, 0.15) is 25.3 Å². The number of aromatic nitrogens is 2. The Labute approximate surface area is 115 Å². The number of hydrogen-bond donors (Lipinski definition) is 0. The summed E-state index contributed by atoms with van der Waals surface area (Å²) in [7, 11) is 0. The van der Waals surface area contributed by atoms with E-state index in [1.165, 1.54) is 23.3 Å². The van der Waals surface area contributed by atoms with Gasteiger partial charge in [0.2, 0.25) is 0 Å². The summed E-state index contributed by atoms with van der Waals surface area (Å²) in [5, 5.41) is 0. The molecule has 1 heterocycles. The number of nitrogens with zero attached hydrogens (tertiary/aromatic N) is 2. The second kappa shape index (κ2) is 7.13. The Morgan fingerprint density at radius 3 is 2.80 bits per heavy atom. The van der Waals surface area contributed by atoms with E-state index in [1.54, 1.807) is 12.2 Å². The molecule has 0 aromatic carbocycles. The lowest BCUT2D eigenvalue weighted by atomic mass is 10.2. The molecule has 1 aromatic rings. The van der Waals surface area contributed by atoms with Gasteiger partial charge in [0.15, 0.2) is 0 Å². The molecule has 0 radical (unpaired) electrons. The Balaban J connectivity index is 1.61. The molecule has 1 aromatic heterocycles. The van der Waals surface area contributed by atoms with E-state index in [0.717, 1.165) is 12.8 Å². The lowest BCUT2D eigenvalue weighted by Crippen LogP contribution is -2.17. The number of hydrogen-bond acceptors (Lipinski definition) is 6. The molecule has 0 saturated carbocycles. The van der Waals surface area contributed by atoms with Gasteiger partial charge < -0.3 is 14.2 Å². The van der Waals surface area contributed by atoms with Gasteiger partial charge in [-0.25, -0.2) is 19.1 Å². The van der Waals surface area contributed by atoms with Crippen LogP contribution in [0.1, 0.15) is 12.8 Å². The standard InChI is InChI=1S/C13H14N2O5/c16-12(15-7-6-14-10-15)18-8-9-19-13(17)20-11-4-2-1-3-5-11/h2,4-7,10H,1,3,8-9H2. The number of allylic oxidation sites excluding steroid dienone is 3. The van der Waals surface area contributed by atoms with E-state index >= 15 is 0 Å². The fraction of sp³-hybridized carbons (Fsp3) is 0.308. The van der Waals surface area contributed by atoms with Crippen molar-refractivity contribution in [1.29, 1.82) is 0 Å². The van der Waals surface area contributed by atoms with Gasteiger partial charge in [0, 0.05) is 12.4 Å². The summed E-state index contributed by atoms with van der Waals surface area (Å²) in [5.74, 6) is 0.469. The smallest absolute Gasteiger partial charge is 0.445 e. The van der Waals surface area contributed by atoms with Gasteiger partial charge in [-0.05, 0) is 25.0 Å². The van der Waals surface area contributed by atoms with E-state index in [2.05, 4.69) is 4.98 Å². The van der Waals surface area contributed by atoms with E-state index in [-0.39, 0.29) is 13.2 Å². The van der Waals surface area contributed by atoms with Crippen LogP contribution in [0.2, 0.25) is 0 Å². The molecule has 0 unspecified atom stereocenters. The van der Waals surface area contributed by atoms with Crippen LogP contribution in [-0.2, 0) is 14.2 Å². The molecule has 0 atom stereocenters. The highest BCUT2D eigenvalue weighted by Crippen LogP contribution is 2.11. The lowest BCUT2D eigenvalue weighted by Gasteiger charge is -2.09. The van der Waals surface area contributed by atoms with Crippen molar-refractivity contribution in [3.05, 3.63) is 42.7 Å². The summed E-state index contributed by atoms with van der Waals surface area (Å²) < 4.78 is 15.7. The van der Waals surface area contributed by atoms with Gasteiger partial charge in [-0.1, -0.05) is 6.08 Å². The lowest BCUT2D eigenvalue weighted by molar-refractivity contribution is 0.0565. The average Bonchev–Trinajstić information content (AvgIpc) is 2.99. The molecule has 1 aliphatic carbocycles. The van der Waals surface area contributed by atoms with Crippen molar-refractivity contribution < 1.29 is 23.8 Å². The number of imidazole rings is 1. The van der Waals surface area contributed by atoms with Crippen LogP contribution in [-0.4, -0.2) is 35.0 Å². The Bertz CT molecular complexity index is 519. The molecular weight excluding hydrogens is 264 g/mol. The van der Waals surface area contributed by atoms with Gasteiger partial charge in [-0.15, -0.1) is 0 Å². The first-order valence-corrected chi connectivity index (χ1v) is 6.12. The van der Waals surface area contributed by atoms with Crippen molar-refractivity contribution in [3.8, 4) is 0 Å². The minimum atomic E-state index is -0.818. The molecule has 0 fully saturated rings. The Morgan fingerprint density at radius 1 is 1.25 bits per heavy atom. The fourth-order valence-electron chi connectivity index (χ4n) is 1.49. The summed E-state index contributed by atoms with van der Waals surface area (Å²) in [5.41, 5.74) is 0. The molecule has 7 heteroatoms. The van der Waals surface area contributed by atoms with Crippen molar-refractivity contribution >= 4 is 12.2 Å². The number of carbonyl (C=O) groups is 2. The maximum Gasteiger partial charge on any atom is 0.513 e. The third-order valence-electron chi connectivity index (χ3n) is 2.41. The van der Waals surface area contributed by atoms with Crippen LogP contribution in [0.5, 0.6) is 0 Å². The van der Waals surface area contributed by atoms with Crippen molar-refractivity contribution in [3.63, 3.8) is 0 Å². The normalized spacial score (nSPS) is 13.5. The van der Waals surface area contributed by atoms with Crippen LogP contribution in [0.15, 0.2) is 42.7 Å². The monoisotopic (exact) mass is 278 g/mol. The zero-order valence-corrected chi connectivity index (χ0v) is 10.7. The van der Waals surface area contributed by atoms with Crippen LogP contribution in [0.3, 0.4) is 0 Å². The first kappa shape index (κ1) is 13.9. The van der Waals surface area contributed by atoms with Crippen LogP contribution >= 0.6 is 0 Å². The van der Waals surface area contributed by atoms with Gasteiger partial charge in [0.05, 0.1) is 0 Å². The minimum Gasteiger partial charge on any atom is -0.445 e. The maximum atomic E-state index is 11.4. The zero-order chi connectivity index (χ0) is 14.2. The molecular formula is C13H14N2O5. The second-order valence-corrected chi connectivity index (χ2v) is 3.87.